The third kappa shape index (κ3) is 2.56. The molecule has 0 fully saturated rings. The van der Waals surface area contributed by atoms with Gasteiger partial charge >= 0.3 is 0 Å². The number of hydrogen-bond donors (Lipinski definition) is 3. The van der Waals surface area contributed by atoms with Gasteiger partial charge in [0.25, 0.3) is 0 Å². The molecule has 0 unspecified atom stereocenters. The number of imidazole rings is 1. The van der Waals surface area contributed by atoms with Crippen LogP contribution >= 0.6 is 11.6 Å². The fraction of sp³-hybridized carbons (Fsp3) is 0.154. The van der Waals surface area contributed by atoms with E-state index in [4.69, 9.17) is 11.6 Å². The lowest BCUT2D eigenvalue weighted by atomic mass is 10.1. The van der Waals surface area contributed by atoms with E-state index in [1.165, 1.54) is 6.33 Å². The average Bonchev–Trinajstić information content (AvgIpc) is 2.94. The van der Waals surface area contributed by atoms with Crippen molar-refractivity contribution in [2.24, 2.45) is 0 Å². The van der Waals surface area contributed by atoms with Gasteiger partial charge in [-0.2, -0.15) is 0 Å². The third-order valence-corrected chi connectivity index (χ3v) is 3.19. The minimum atomic E-state index is -0.653. The number of aliphatic hydroxyl groups excluding tert-OH is 1. The summed E-state index contributed by atoms with van der Waals surface area (Å²) in [5.41, 5.74) is 2.09. The Morgan fingerprint density at radius 1 is 1.20 bits per heavy atom. The van der Waals surface area contributed by atoms with Crippen LogP contribution in [0, 0.1) is 0 Å². The zero-order valence-electron chi connectivity index (χ0n) is 10.4. The summed E-state index contributed by atoms with van der Waals surface area (Å²) in [7, 11) is 0. The van der Waals surface area contributed by atoms with Gasteiger partial charge in [-0.1, -0.05) is 23.7 Å². The maximum absolute atomic E-state index is 10.1. The van der Waals surface area contributed by atoms with Gasteiger partial charge in [-0.3, -0.25) is 0 Å². The molecule has 7 heteroatoms. The van der Waals surface area contributed by atoms with Crippen molar-refractivity contribution >= 4 is 28.6 Å². The number of aromatic amines is 1. The molecule has 0 radical (unpaired) electrons. The Morgan fingerprint density at radius 3 is 2.80 bits per heavy atom. The quantitative estimate of drug-likeness (QED) is 0.685. The van der Waals surface area contributed by atoms with Crippen molar-refractivity contribution in [3.63, 3.8) is 0 Å². The summed E-state index contributed by atoms with van der Waals surface area (Å²) in [6.07, 6.45) is 2.33. The van der Waals surface area contributed by atoms with E-state index >= 15 is 0 Å². The summed E-state index contributed by atoms with van der Waals surface area (Å²) in [6.45, 7) is 0.326. The van der Waals surface area contributed by atoms with Gasteiger partial charge in [0, 0.05) is 11.6 Å². The third-order valence-electron chi connectivity index (χ3n) is 2.94. The summed E-state index contributed by atoms with van der Waals surface area (Å²) >= 11 is 5.82. The van der Waals surface area contributed by atoms with Crippen LogP contribution in [0.15, 0.2) is 36.9 Å². The van der Waals surface area contributed by atoms with E-state index in [-0.39, 0.29) is 0 Å². The molecule has 0 aliphatic carbocycles. The molecule has 2 aromatic heterocycles. The van der Waals surface area contributed by atoms with Gasteiger partial charge in [0.1, 0.15) is 11.8 Å². The van der Waals surface area contributed by atoms with Gasteiger partial charge < -0.3 is 15.4 Å². The van der Waals surface area contributed by atoms with Gasteiger partial charge in [-0.15, -0.1) is 0 Å². The molecule has 3 rings (SSSR count). The zero-order chi connectivity index (χ0) is 13.9. The Morgan fingerprint density at radius 2 is 2.00 bits per heavy atom. The highest BCUT2D eigenvalue weighted by atomic mass is 35.5. The van der Waals surface area contributed by atoms with Crippen molar-refractivity contribution in [1.29, 1.82) is 0 Å². The normalized spacial score (nSPS) is 12.5. The molecular formula is C13H12ClN5O. The van der Waals surface area contributed by atoms with Crippen molar-refractivity contribution in [1.82, 2.24) is 19.9 Å². The predicted octanol–water partition coefficient (Wildman–Crippen LogP) is 2.15. The number of aromatic nitrogens is 4. The second-order valence-electron chi connectivity index (χ2n) is 4.27. The maximum Gasteiger partial charge on any atom is 0.182 e. The number of hydrogen-bond acceptors (Lipinski definition) is 5. The lowest BCUT2D eigenvalue weighted by Gasteiger charge is -2.12. The first-order chi connectivity index (χ1) is 9.74. The van der Waals surface area contributed by atoms with Gasteiger partial charge in [-0.25, -0.2) is 15.0 Å². The van der Waals surface area contributed by atoms with Crippen LogP contribution in [0.3, 0.4) is 0 Å². The van der Waals surface area contributed by atoms with Crippen LogP contribution in [-0.4, -0.2) is 31.6 Å². The van der Waals surface area contributed by atoms with E-state index in [1.54, 1.807) is 30.6 Å². The molecule has 0 saturated heterocycles. The molecule has 3 aromatic rings. The summed E-state index contributed by atoms with van der Waals surface area (Å²) in [5, 5.41) is 13.8. The van der Waals surface area contributed by atoms with E-state index in [0.29, 0.717) is 23.0 Å². The Kier molecular flexibility index (Phi) is 3.49. The maximum atomic E-state index is 10.1. The SMILES string of the molecule is O[C@@H](CNc1ncnc2nc[nH]c12)c1ccc(Cl)cc1. The van der Waals surface area contributed by atoms with Crippen molar-refractivity contribution in [2.45, 2.75) is 6.10 Å². The van der Waals surface area contributed by atoms with Crippen molar-refractivity contribution in [3.8, 4) is 0 Å². The molecule has 102 valence electrons. The van der Waals surface area contributed by atoms with E-state index in [0.717, 1.165) is 11.1 Å². The molecule has 0 spiro atoms. The van der Waals surface area contributed by atoms with E-state index < -0.39 is 6.10 Å². The van der Waals surface area contributed by atoms with E-state index in [9.17, 15) is 5.11 Å². The predicted molar refractivity (Wildman–Crippen MR) is 76.6 cm³/mol. The minimum absolute atomic E-state index is 0.326. The number of halogens is 1. The van der Waals surface area contributed by atoms with Crippen LogP contribution in [0.5, 0.6) is 0 Å². The van der Waals surface area contributed by atoms with Gasteiger partial charge in [-0.05, 0) is 17.7 Å². The van der Waals surface area contributed by atoms with Crippen LogP contribution in [-0.2, 0) is 0 Å². The van der Waals surface area contributed by atoms with Gasteiger partial charge in [0.05, 0.1) is 12.4 Å². The number of H-pyrrole nitrogens is 1. The number of benzene rings is 1. The average molecular weight is 290 g/mol. The summed E-state index contributed by atoms with van der Waals surface area (Å²) in [6, 6.07) is 7.08. The molecule has 0 saturated carbocycles. The molecule has 0 amide bonds. The largest absolute Gasteiger partial charge is 0.387 e. The Balaban J connectivity index is 1.73. The fourth-order valence-electron chi connectivity index (χ4n) is 1.90. The number of nitrogens with one attached hydrogen (secondary N) is 2. The molecule has 0 bridgehead atoms. The molecule has 3 N–H and O–H groups in total. The second kappa shape index (κ2) is 5.44. The first kappa shape index (κ1) is 12.8. The molecule has 6 nitrogen and oxygen atoms in total. The molecule has 0 aliphatic rings. The van der Waals surface area contributed by atoms with Crippen molar-refractivity contribution in [3.05, 3.63) is 47.5 Å². The van der Waals surface area contributed by atoms with Crippen LogP contribution in [0.4, 0.5) is 5.82 Å². The van der Waals surface area contributed by atoms with E-state index in [2.05, 4.69) is 25.3 Å². The molecule has 0 aliphatic heterocycles. The lowest BCUT2D eigenvalue weighted by Crippen LogP contribution is -2.13. The number of anilines is 1. The highest BCUT2D eigenvalue weighted by molar-refractivity contribution is 6.30. The lowest BCUT2D eigenvalue weighted by molar-refractivity contribution is 0.191. The fourth-order valence-corrected chi connectivity index (χ4v) is 2.02. The first-order valence-electron chi connectivity index (χ1n) is 6.05. The Hall–Kier alpha value is -2.18. The smallest absolute Gasteiger partial charge is 0.182 e. The first-order valence-corrected chi connectivity index (χ1v) is 6.43. The summed E-state index contributed by atoms with van der Waals surface area (Å²) in [4.78, 5) is 15.2. The molecule has 1 aromatic carbocycles. The molecule has 1 atom stereocenters. The minimum Gasteiger partial charge on any atom is -0.387 e. The van der Waals surface area contributed by atoms with Crippen LogP contribution in [0.2, 0.25) is 5.02 Å². The van der Waals surface area contributed by atoms with Gasteiger partial charge in [0.15, 0.2) is 11.5 Å². The highest BCUT2D eigenvalue weighted by Crippen LogP contribution is 2.19. The topological polar surface area (TPSA) is 86.7 Å². The summed E-state index contributed by atoms with van der Waals surface area (Å²) < 4.78 is 0. The molecule has 20 heavy (non-hydrogen) atoms. The van der Waals surface area contributed by atoms with Crippen LogP contribution in [0.1, 0.15) is 11.7 Å². The Labute approximate surface area is 119 Å². The highest BCUT2D eigenvalue weighted by Gasteiger charge is 2.10. The summed E-state index contributed by atoms with van der Waals surface area (Å²) in [5.74, 6) is 0.612. The van der Waals surface area contributed by atoms with E-state index in [1.807, 2.05) is 0 Å². The van der Waals surface area contributed by atoms with Crippen LogP contribution in [0.25, 0.3) is 11.2 Å². The number of fused-ring (bicyclic) bond motifs is 1. The van der Waals surface area contributed by atoms with Crippen LogP contribution < -0.4 is 5.32 Å². The zero-order valence-corrected chi connectivity index (χ0v) is 11.2. The number of rotatable bonds is 4. The standard InChI is InChI=1S/C13H12ClN5O/c14-9-3-1-8(2-4-9)10(20)5-15-12-11-13(17-6-16-11)19-7-18-12/h1-4,6-7,10,20H,5H2,(H2,15,16,17,18,19)/t10-/m0/s1. The molecule has 2 heterocycles. The van der Waals surface area contributed by atoms with Gasteiger partial charge in [0.2, 0.25) is 0 Å². The van der Waals surface area contributed by atoms with Crippen molar-refractivity contribution in [2.75, 3.05) is 11.9 Å². The monoisotopic (exact) mass is 289 g/mol. The number of nitrogens with zero attached hydrogens (tertiary/aromatic N) is 3. The Bertz CT molecular complexity index is 712. The number of aliphatic hydroxyl groups is 1. The van der Waals surface area contributed by atoms with Crippen molar-refractivity contribution < 1.29 is 5.11 Å². The molecular weight excluding hydrogens is 278 g/mol. The second-order valence-corrected chi connectivity index (χ2v) is 4.71.